The molecule has 0 aromatic heterocycles. The molecule has 0 rings (SSSR count). The molecule has 4 heteroatoms. The van der Waals surface area contributed by atoms with Crippen molar-refractivity contribution in [3.05, 3.63) is 0 Å². The SMILES string of the molecule is CCOC(=O)C(=O)NCC(C)(C)C. The maximum absolute atomic E-state index is 11.0. The van der Waals surface area contributed by atoms with E-state index >= 15 is 0 Å². The van der Waals surface area contributed by atoms with Crippen molar-refractivity contribution in [1.82, 2.24) is 5.32 Å². The van der Waals surface area contributed by atoms with Crippen molar-refractivity contribution in [2.75, 3.05) is 13.2 Å². The maximum Gasteiger partial charge on any atom is 0.396 e. The molecule has 0 aliphatic carbocycles. The van der Waals surface area contributed by atoms with Gasteiger partial charge in [0.1, 0.15) is 0 Å². The fraction of sp³-hybridized carbons (Fsp3) is 0.778. The Hall–Kier alpha value is -1.06. The Morgan fingerprint density at radius 3 is 2.23 bits per heavy atom. The van der Waals surface area contributed by atoms with Gasteiger partial charge in [0.2, 0.25) is 0 Å². The maximum atomic E-state index is 11.0. The van der Waals surface area contributed by atoms with Gasteiger partial charge in [-0.1, -0.05) is 20.8 Å². The van der Waals surface area contributed by atoms with Crippen molar-refractivity contribution in [3.63, 3.8) is 0 Å². The molecule has 1 N–H and O–H groups in total. The molecule has 0 saturated carbocycles. The average Bonchev–Trinajstić information content (AvgIpc) is 1.99. The fourth-order valence-electron chi connectivity index (χ4n) is 0.614. The summed E-state index contributed by atoms with van der Waals surface area (Å²) >= 11 is 0. The molecule has 0 spiro atoms. The Morgan fingerprint density at radius 1 is 1.31 bits per heavy atom. The lowest BCUT2D eigenvalue weighted by Gasteiger charge is -2.17. The summed E-state index contributed by atoms with van der Waals surface area (Å²) in [4.78, 5) is 21.8. The Balaban J connectivity index is 3.82. The summed E-state index contributed by atoms with van der Waals surface area (Å²) in [6.45, 7) is 8.26. The zero-order valence-corrected chi connectivity index (χ0v) is 8.64. The van der Waals surface area contributed by atoms with Crippen LogP contribution in [0.15, 0.2) is 0 Å². The zero-order valence-electron chi connectivity index (χ0n) is 8.64. The minimum Gasteiger partial charge on any atom is -0.459 e. The Bertz CT molecular complexity index is 194. The molecule has 0 aliphatic rings. The van der Waals surface area contributed by atoms with Crippen LogP contribution in [0.25, 0.3) is 0 Å². The predicted molar refractivity (Wildman–Crippen MR) is 49.1 cm³/mol. The first-order valence-electron chi connectivity index (χ1n) is 4.32. The van der Waals surface area contributed by atoms with Gasteiger partial charge in [0.05, 0.1) is 6.61 Å². The second-order valence-electron chi connectivity index (χ2n) is 3.96. The molecule has 0 atom stereocenters. The minimum absolute atomic E-state index is 0.0256. The second kappa shape index (κ2) is 4.84. The Kier molecular flexibility index (Phi) is 4.45. The number of amides is 1. The van der Waals surface area contributed by atoms with Gasteiger partial charge in [-0.15, -0.1) is 0 Å². The molecular formula is C9H17NO3. The first-order valence-corrected chi connectivity index (χ1v) is 4.32. The third kappa shape index (κ3) is 6.13. The molecule has 0 fully saturated rings. The molecule has 13 heavy (non-hydrogen) atoms. The molecule has 0 aromatic carbocycles. The Labute approximate surface area is 78.6 Å². The van der Waals surface area contributed by atoms with Crippen LogP contribution in [-0.4, -0.2) is 25.0 Å². The quantitative estimate of drug-likeness (QED) is 0.511. The number of nitrogens with one attached hydrogen (secondary N) is 1. The number of carbonyl (C=O) groups is 2. The summed E-state index contributed by atoms with van der Waals surface area (Å²) in [6, 6.07) is 0. The van der Waals surface area contributed by atoms with Crippen LogP contribution in [0.5, 0.6) is 0 Å². The van der Waals surface area contributed by atoms with E-state index in [-0.39, 0.29) is 12.0 Å². The van der Waals surface area contributed by atoms with Crippen LogP contribution in [0.4, 0.5) is 0 Å². The Morgan fingerprint density at radius 2 is 1.85 bits per heavy atom. The highest BCUT2D eigenvalue weighted by Gasteiger charge is 2.17. The number of esters is 1. The first-order chi connectivity index (χ1) is 5.87. The topological polar surface area (TPSA) is 55.4 Å². The molecule has 1 amide bonds. The molecule has 0 aliphatic heterocycles. The molecule has 0 saturated heterocycles. The summed E-state index contributed by atoms with van der Waals surface area (Å²) in [5, 5.41) is 2.49. The highest BCUT2D eigenvalue weighted by Crippen LogP contribution is 2.09. The monoisotopic (exact) mass is 187 g/mol. The van der Waals surface area contributed by atoms with Crippen LogP contribution in [0.3, 0.4) is 0 Å². The summed E-state index contributed by atoms with van der Waals surface area (Å²) in [7, 11) is 0. The molecule has 0 aromatic rings. The average molecular weight is 187 g/mol. The third-order valence-electron chi connectivity index (χ3n) is 1.24. The van der Waals surface area contributed by atoms with Gasteiger partial charge in [0.15, 0.2) is 0 Å². The number of hydrogen-bond donors (Lipinski definition) is 1. The second-order valence-corrected chi connectivity index (χ2v) is 3.96. The van der Waals surface area contributed by atoms with Gasteiger partial charge in [-0.25, -0.2) is 4.79 Å². The lowest BCUT2D eigenvalue weighted by atomic mass is 9.97. The van der Waals surface area contributed by atoms with Crippen molar-refractivity contribution in [3.8, 4) is 0 Å². The molecule has 76 valence electrons. The number of carbonyl (C=O) groups excluding carboxylic acids is 2. The first kappa shape index (κ1) is 11.9. The summed E-state index contributed by atoms with van der Waals surface area (Å²) in [5.41, 5.74) is -0.0256. The summed E-state index contributed by atoms with van der Waals surface area (Å²) in [6.07, 6.45) is 0. The van der Waals surface area contributed by atoms with Crippen molar-refractivity contribution in [2.24, 2.45) is 5.41 Å². The molecule has 4 nitrogen and oxygen atoms in total. The third-order valence-corrected chi connectivity index (χ3v) is 1.24. The van der Waals surface area contributed by atoms with Crippen molar-refractivity contribution in [2.45, 2.75) is 27.7 Å². The van der Waals surface area contributed by atoms with Gasteiger partial charge in [0, 0.05) is 6.54 Å². The van der Waals surface area contributed by atoms with E-state index in [2.05, 4.69) is 10.1 Å². The van der Waals surface area contributed by atoms with E-state index in [1.165, 1.54) is 0 Å². The highest BCUT2D eigenvalue weighted by molar-refractivity contribution is 6.32. The van der Waals surface area contributed by atoms with Crippen LogP contribution in [-0.2, 0) is 14.3 Å². The summed E-state index contributed by atoms with van der Waals surface area (Å²) < 4.78 is 4.52. The molecule has 0 unspecified atom stereocenters. The normalized spacial score (nSPS) is 10.8. The van der Waals surface area contributed by atoms with E-state index in [0.717, 1.165) is 0 Å². The molecule has 0 bridgehead atoms. The van der Waals surface area contributed by atoms with Crippen molar-refractivity contribution < 1.29 is 14.3 Å². The largest absolute Gasteiger partial charge is 0.459 e. The van der Waals surface area contributed by atoms with Gasteiger partial charge in [-0.2, -0.15) is 0 Å². The zero-order chi connectivity index (χ0) is 10.5. The molecular weight excluding hydrogens is 170 g/mol. The van der Waals surface area contributed by atoms with E-state index in [1.807, 2.05) is 20.8 Å². The van der Waals surface area contributed by atoms with Crippen molar-refractivity contribution in [1.29, 1.82) is 0 Å². The molecule has 0 radical (unpaired) electrons. The lowest BCUT2D eigenvalue weighted by Crippen LogP contribution is -2.37. The van der Waals surface area contributed by atoms with Gasteiger partial charge in [0.25, 0.3) is 0 Å². The van der Waals surface area contributed by atoms with Crippen LogP contribution >= 0.6 is 0 Å². The smallest absolute Gasteiger partial charge is 0.396 e. The molecule has 0 heterocycles. The van der Waals surface area contributed by atoms with Gasteiger partial charge >= 0.3 is 11.9 Å². The van der Waals surface area contributed by atoms with Crippen LogP contribution in [0, 0.1) is 5.41 Å². The van der Waals surface area contributed by atoms with Crippen LogP contribution in [0.2, 0.25) is 0 Å². The standard InChI is InChI=1S/C9H17NO3/c1-5-13-8(12)7(11)10-6-9(2,3)4/h5-6H2,1-4H3,(H,10,11). The van der Waals surface area contributed by atoms with E-state index in [9.17, 15) is 9.59 Å². The van der Waals surface area contributed by atoms with Gasteiger partial charge in [-0.05, 0) is 12.3 Å². The summed E-state index contributed by atoms with van der Waals surface area (Å²) in [5.74, 6) is -1.48. The number of rotatable bonds is 2. The van der Waals surface area contributed by atoms with E-state index in [4.69, 9.17) is 0 Å². The number of hydrogen-bond acceptors (Lipinski definition) is 3. The van der Waals surface area contributed by atoms with E-state index in [1.54, 1.807) is 6.92 Å². The van der Waals surface area contributed by atoms with Gasteiger partial charge < -0.3 is 10.1 Å². The van der Waals surface area contributed by atoms with Gasteiger partial charge in [-0.3, -0.25) is 4.79 Å². The van der Waals surface area contributed by atoms with Crippen LogP contribution < -0.4 is 5.32 Å². The lowest BCUT2D eigenvalue weighted by molar-refractivity contribution is -0.154. The number of ether oxygens (including phenoxy) is 1. The van der Waals surface area contributed by atoms with E-state index in [0.29, 0.717) is 6.54 Å². The highest BCUT2D eigenvalue weighted by atomic mass is 16.5. The minimum atomic E-state index is -0.813. The predicted octanol–water partition coefficient (Wildman–Crippen LogP) is 0.712. The van der Waals surface area contributed by atoms with E-state index < -0.39 is 11.9 Å². The fourth-order valence-corrected chi connectivity index (χ4v) is 0.614. The van der Waals surface area contributed by atoms with Crippen LogP contribution in [0.1, 0.15) is 27.7 Å². The van der Waals surface area contributed by atoms with Crippen molar-refractivity contribution >= 4 is 11.9 Å².